The van der Waals surface area contributed by atoms with Crippen molar-refractivity contribution in [2.45, 2.75) is 60.6 Å². The molecule has 2 aliphatic heterocycles. The van der Waals surface area contributed by atoms with E-state index in [9.17, 15) is 9.32 Å². The third kappa shape index (κ3) is 3.19. The number of nitrogens with zero attached hydrogens (tertiary/aromatic N) is 3. The van der Waals surface area contributed by atoms with Crippen LogP contribution in [0, 0.1) is 11.8 Å². The molecule has 2 saturated carbocycles. The second-order valence-corrected chi connectivity index (χ2v) is 13.1. The summed E-state index contributed by atoms with van der Waals surface area (Å²) >= 11 is 6.05. The van der Waals surface area contributed by atoms with Crippen LogP contribution < -0.4 is 10.2 Å². The molecule has 0 bridgehead atoms. The van der Waals surface area contributed by atoms with Crippen LogP contribution in [0.4, 0.5) is 11.8 Å². The number of hydrogen-bond donors (Lipinski definition) is 2. The van der Waals surface area contributed by atoms with Gasteiger partial charge < -0.3 is 15.3 Å². The molecule has 3 fully saturated rings. The maximum Gasteiger partial charge on any atom is 0.227 e. The molecule has 1 aromatic heterocycles. The van der Waals surface area contributed by atoms with Crippen LogP contribution >= 0.6 is 11.6 Å². The highest BCUT2D eigenvalue weighted by atomic mass is 35.5. The Bertz CT molecular complexity index is 1080. The lowest BCUT2D eigenvalue weighted by molar-refractivity contribution is 0.143. The maximum atomic E-state index is 13.2. The minimum atomic E-state index is -1.17. The lowest BCUT2D eigenvalue weighted by Crippen LogP contribution is -2.48. The summed E-state index contributed by atoms with van der Waals surface area (Å²) in [5.74, 6) is 3.22. The Morgan fingerprint density at radius 1 is 1.19 bits per heavy atom. The molecule has 3 atom stereocenters. The molecule has 0 spiro atoms. The van der Waals surface area contributed by atoms with Crippen molar-refractivity contribution in [3.8, 4) is 0 Å². The average Bonchev–Trinajstić information content (AvgIpc) is 3.11. The number of hydrogen-bond acceptors (Lipinski definition) is 6. The quantitative estimate of drug-likeness (QED) is 0.690. The highest BCUT2D eigenvalue weighted by Crippen LogP contribution is 2.58. The molecular formula is C24H29ClN4O2S. The summed E-state index contributed by atoms with van der Waals surface area (Å²) in [4.78, 5) is 12.8. The van der Waals surface area contributed by atoms with Crippen LogP contribution in [0.1, 0.15) is 50.3 Å². The lowest BCUT2D eigenvalue weighted by atomic mass is 9.77. The number of rotatable bonds is 5. The zero-order valence-corrected chi connectivity index (χ0v) is 20.0. The largest absolute Gasteiger partial charge is 0.394 e. The molecule has 8 heteroatoms. The zero-order valence-electron chi connectivity index (χ0n) is 18.5. The third-order valence-corrected chi connectivity index (χ3v) is 10.1. The van der Waals surface area contributed by atoms with E-state index in [-0.39, 0.29) is 16.9 Å². The molecule has 0 radical (unpaired) electrons. The molecule has 170 valence electrons. The van der Waals surface area contributed by atoms with E-state index in [0.717, 1.165) is 53.9 Å². The van der Waals surface area contributed by atoms with Crippen molar-refractivity contribution < 1.29 is 9.32 Å². The Morgan fingerprint density at radius 3 is 2.47 bits per heavy atom. The van der Waals surface area contributed by atoms with E-state index in [1.807, 2.05) is 26.0 Å². The van der Waals surface area contributed by atoms with Gasteiger partial charge in [0.05, 0.1) is 33.4 Å². The van der Waals surface area contributed by atoms with Gasteiger partial charge in [-0.3, -0.25) is 4.21 Å². The van der Waals surface area contributed by atoms with E-state index in [0.29, 0.717) is 30.0 Å². The standard InChI is InChI=1S/C24H29ClN4O2S/c1-23(2)10-18-20(32(23)31)21(28-24(13-30)8-3-9-24)27-22(26-18)29-11-16-17(12-29)19(16)14-4-6-15(25)7-5-14/h4-7,16-17,19,30H,3,8-13H2,1-2H3,(H,26,27,28)/t16?,17?,19?,32-/m1/s1. The lowest BCUT2D eigenvalue weighted by Gasteiger charge is -2.41. The summed E-state index contributed by atoms with van der Waals surface area (Å²) in [5.41, 5.74) is 1.92. The number of nitrogens with one attached hydrogen (secondary N) is 1. The minimum Gasteiger partial charge on any atom is -0.394 e. The summed E-state index contributed by atoms with van der Waals surface area (Å²) in [6, 6.07) is 8.25. The smallest absolute Gasteiger partial charge is 0.227 e. The van der Waals surface area contributed by atoms with Crippen molar-refractivity contribution in [3.63, 3.8) is 0 Å². The molecule has 3 heterocycles. The predicted octanol–water partition coefficient (Wildman–Crippen LogP) is 3.75. The molecular weight excluding hydrogens is 444 g/mol. The number of benzene rings is 1. The Morgan fingerprint density at radius 2 is 1.88 bits per heavy atom. The van der Waals surface area contributed by atoms with Crippen LogP contribution in [0.3, 0.4) is 0 Å². The molecule has 2 aliphatic carbocycles. The molecule has 32 heavy (non-hydrogen) atoms. The zero-order chi connectivity index (χ0) is 22.3. The van der Waals surface area contributed by atoms with Gasteiger partial charge in [-0.15, -0.1) is 0 Å². The van der Waals surface area contributed by atoms with Crippen LogP contribution in [0.25, 0.3) is 0 Å². The topological polar surface area (TPSA) is 78.3 Å². The van der Waals surface area contributed by atoms with E-state index in [1.54, 1.807) is 0 Å². The molecule has 6 rings (SSSR count). The maximum absolute atomic E-state index is 13.2. The van der Waals surface area contributed by atoms with Gasteiger partial charge in [0, 0.05) is 24.5 Å². The number of aliphatic hydroxyl groups excluding tert-OH is 1. The number of halogens is 1. The average molecular weight is 473 g/mol. The van der Waals surface area contributed by atoms with Gasteiger partial charge in [-0.2, -0.15) is 4.98 Å². The first-order valence-corrected chi connectivity index (χ1v) is 13.1. The first kappa shape index (κ1) is 20.9. The number of piperidine rings is 1. The van der Waals surface area contributed by atoms with Crippen LogP contribution in [-0.4, -0.2) is 49.3 Å². The van der Waals surface area contributed by atoms with E-state index in [2.05, 4.69) is 22.3 Å². The fourth-order valence-corrected chi connectivity index (χ4v) is 7.37. The van der Waals surface area contributed by atoms with Crippen molar-refractivity contribution in [2.75, 3.05) is 29.9 Å². The molecule has 0 amide bonds. The summed E-state index contributed by atoms with van der Waals surface area (Å²) in [7, 11) is -1.17. The van der Waals surface area contributed by atoms with Crippen LogP contribution in [0.2, 0.25) is 5.02 Å². The van der Waals surface area contributed by atoms with Crippen molar-refractivity contribution in [1.29, 1.82) is 0 Å². The van der Waals surface area contributed by atoms with Crippen molar-refractivity contribution in [3.05, 3.63) is 40.5 Å². The van der Waals surface area contributed by atoms with Gasteiger partial charge in [0.25, 0.3) is 0 Å². The Balaban J connectivity index is 1.28. The van der Waals surface area contributed by atoms with E-state index in [4.69, 9.17) is 21.6 Å². The van der Waals surface area contributed by atoms with Gasteiger partial charge in [-0.1, -0.05) is 23.7 Å². The highest BCUT2D eigenvalue weighted by Gasteiger charge is 2.57. The Hall–Kier alpha value is -1.70. The summed E-state index contributed by atoms with van der Waals surface area (Å²) < 4.78 is 12.9. The number of aliphatic hydroxyl groups is 1. The highest BCUT2D eigenvalue weighted by molar-refractivity contribution is 7.87. The molecule has 2 unspecified atom stereocenters. The predicted molar refractivity (Wildman–Crippen MR) is 127 cm³/mol. The van der Waals surface area contributed by atoms with Gasteiger partial charge >= 0.3 is 0 Å². The summed E-state index contributed by atoms with van der Waals surface area (Å²) in [6.45, 7) is 6.00. The second kappa shape index (κ2) is 7.15. The molecule has 1 saturated heterocycles. The van der Waals surface area contributed by atoms with Crippen molar-refractivity contribution >= 4 is 34.2 Å². The summed E-state index contributed by atoms with van der Waals surface area (Å²) in [5, 5.41) is 14.3. The third-order valence-electron chi connectivity index (χ3n) is 7.93. The van der Waals surface area contributed by atoms with Crippen LogP contribution in [0.5, 0.6) is 0 Å². The van der Waals surface area contributed by atoms with Crippen molar-refractivity contribution in [2.24, 2.45) is 11.8 Å². The Labute approximate surface area is 196 Å². The SMILES string of the molecule is CC1(C)Cc2nc(N3CC4C(C3)C4c3ccc(Cl)cc3)nc(NC3(CO)CCC3)c2[S@]1=O. The number of aromatic nitrogens is 2. The first-order valence-electron chi connectivity index (χ1n) is 11.5. The Kier molecular flexibility index (Phi) is 4.66. The van der Waals surface area contributed by atoms with Gasteiger partial charge in [0.15, 0.2) is 0 Å². The molecule has 4 aliphatic rings. The van der Waals surface area contributed by atoms with Gasteiger partial charge in [0.2, 0.25) is 5.95 Å². The minimum absolute atomic E-state index is 0.0633. The van der Waals surface area contributed by atoms with Gasteiger partial charge in [-0.05, 0) is 68.6 Å². The second-order valence-electron chi connectivity index (χ2n) is 10.6. The van der Waals surface area contributed by atoms with Gasteiger partial charge in [0.1, 0.15) is 10.7 Å². The normalized spacial score (nSPS) is 31.1. The van der Waals surface area contributed by atoms with Crippen LogP contribution in [0.15, 0.2) is 29.2 Å². The monoisotopic (exact) mass is 472 g/mol. The van der Waals surface area contributed by atoms with E-state index < -0.39 is 10.8 Å². The first-order chi connectivity index (χ1) is 15.3. The van der Waals surface area contributed by atoms with Crippen LogP contribution in [-0.2, 0) is 17.2 Å². The molecule has 6 nitrogen and oxygen atoms in total. The fraction of sp³-hybridized carbons (Fsp3) is 0.583. The number of anilines is 2. The molecule has 2 N–H and O–H groups in total. The van der Waals surface area contributed by atoms with Crippen molar-refractivity contribution in [1.82, 2.24) is 9.97 Å². The van der Waals surface area contributed by atoms with E-state index in [1.165, 1.54) is 5.56 Å². The summed E-state index contributed by atoms with van der Waals surface area (Å²) in [6.07, 6.45) is 3.58. The molecule has 1 aromatic carbocycles. The van der Waals surface area contributed by atoms with Gasteiger partial charge in [-0.25, -0.2) is 4.98 Å². The fourth-order valence-electron chi connectivity index (χ4n) is 5.82. The number of fused-ring (bicyclic) bond motifs is 2. The van der Waals surface area contributed by atoms with E-state index >= 15 is 0 Å². The molecule has 2 aromatic rings.